The smallest absolute Gasteiger partial charge is 0.418 e. The number of amides is 1. The third kappa shape index (κ3) is 5.49. The minimum Gasteiger partial charge on any atom is -0.449 e. The number of carbonyl (C=O) groups excluding carboxylic acids is 2. The van der Waals surface area contributed by atoms with Gasteiger partial charge in [-0.05, 0) is 50.6 Å². The normalized spacial score (nSPS) is 12.4. The molecule has 1 aliphatic rings. The van der Waals surface area contributed by atoms with Crippen molar-refractivity contribution < 1.29 is 27.5 Å². The lowest BCUT2D eigenvalue weighted by atomic mass is 9.87. The lowest BCUT2D eigenvalue weighted by Gasteiger charge is -2.23. The molecule has 5 aromatic rings. The zero-order valence-electron chi connectivity index (χ0n) is 23.3. The minimum absolute atomic E-state index is 0.0549. The number of benzene rings is 5. The van der Waals surface area contributed by atoms with E-state index >= 15 is 0 Å². The molecular formula is C36H26F3NO3S. The maximum atomic E-state index is 14.8. The van der Waals surface area contributed by atoms with Crippen molar-refractivity contribution in [2.45, 2.75) is 23.5 Å². The summed E-state index contributed by atoms with van der Waals surface area (Å²) in [6, 6.07) is 32.1. The van der Waals surface area contributed by atoms with Gasteiger partial charge in [0, 0.05) is 28.5 Å². The predicted octanol–water partition coefficient (Wildman–Crippen LogP) is 9.18. The minimum atomic E-state index is -4.81. The van der Waals surface area contributed by atoms with Crippen LogP contribution in [0.3, 0.4) is 0 Å². The van der Waals surface area contributed by atoms with Gasteiger partial charge in [0.2, 0.25) is 0 Å². The van der Waals surface area contributed by atoms with Gasteiger partial charge in [-0.15, -0.1) is 12.6 Å². The summed E-state index contributed by atoms with van der Waals surface area (Å²) in [5.41, 5.74) is 4.16. The molecule has 0 heterocycles. The number of alkyl halides is 3. The topological polar surface area (TPSA) is 55.4 Å². The molecule has 0 saturated carbocycles. The first-order valence-corrected chi connectivity index (χ1v) is 14.4. The van der Waals surface area contributed by atoms with Gasteiger partial charge >= 0.3 is 12.3 Å². The second kappa shape index (κ2) is 12.1. The average Bonchev–Trinajstić information content (AvgIpc) is 3.36. The van der Waals surface area contributed by atoms with Crippen LogP contribution in [0.4, 0.5) is 18.0 Å². The molecule has 1 N–H and O–H groups in total. The number of thiol groups is 1. The quantitative estimate of drug-likeness (QED) is 0.143. The van der Waals surface area contributed by atoms with Crippen molar-refractivity contribution in [2.24, 2.45) is 0 Å². The highest BCUT2D eigenvalue weighted by molar-refractivity contribution is 7.80. The van der Waals surface area contributed by atoms with Crippen LogP contribution in [0.5, 0.6) is 0 Å². The Hall–Kier alpha value is -4.82. The van der Waals surface area contributed by atoms with Crippen LogP contribution in [-0.4, -0.2) is 19.0 Å². The summed E-state index contributed by atoms with van der Waals surface area (Å²) in [5, 5.41) is 2.65. The summed E-state index contributed by atoms with van der Waals surface area (Å²) in [6.45, 7) is -0.227. The van der Waals surface area contributed by atoms with E-state index in [0.717, 1.165) is 22.3 Å². The van der Waals surface area contributed by atoms with Crippen molar-refractivity contribution in [1.82, 2.24) is 5.32 Å². The van der Waals surface area contributed by atoms with Crippen molar-refractivity contribution in [3.8, 4) is 33.4 Å². The first-order chi connectivity index (χ1) is 21.3. The molecule has 5 aromatic carbocycles. The van der Waals surface area contributed by atoms with Crippen LogP contribution >= 0.6 is 12.6 Å². The number of fused-ring (bicyclic) bond motifs is 3. The summed E-state index contributed by atoms with van der Waals surface area (Å²) >= 11 is 4.36. The van der Waals surface area contributed by atoms with Crippen LogP contribution in [0.25, 0.3) is 33.4 Å². The molecule has 4 nitrogen and oxygen atoms in total. The first kappa shape index (κ1) is 29.3. The maximum Gasteiger partial charge on any atom is 0.418 e. The Bertz CT molecular complexity index is 1830. The van der Waals surface area contributed by atoms with Crippen LogP contribution in [0.15, 0.2) is 114 Å². The van der Waals surface area contributed by atoms with Crippen LogP contribution in [0, 0.1) is 0 Å². The van der Waals surface area contributed by atoms with Gasteiger partial charge in [0.05, 0.1) is 5.56 Å². The van der Waals surface area contributed by atoms with Gasteiger partial charge in [0.25, 0.3) is 0 Å². The molecule has 0 aromatic heterocycles. The van der Waals surface area contributed by atoms with Gasteiger partial charge in [-0.2, -0.15) is 13.2 Å². The second-order valence-corrected chi connectivity index (χ2v) is 10.9. The van der Waals surface area contributed by atoms with E-state index in [4.69, 9.17) is 4.74 Å². The lowest BCUT2D eigenvalue weighted by molar-refractivity contribution is -0.139. The zero-order valence-corrected chi connectivity index (χ0v) is 24.2. The summed E-state index contributed by atoms with van der Waals surface area (Å²) in [7, 11) is 0. The van der Waals surface area contributed by atoms with Crippen LogP contribution in [0.2, 0.25) is 0 Å². The fourth-order valence-electron chi connectivity index (χ4n) is 5.93. The third-order valence-electron chi connectivity index (χ3n) is 7.87. The van der Waals surface area contributed by atoms with Gasteiger partial charge in [0.1, 0.15) is 6.61 Å². The summed E-state index contributed by atoms with van der Waals surface area (Å²) < 4.78 is 50.0. The molecule has 6 rings (SSSR count). The molecule has 0 aliphatic heterocycles. The predicted molar refractivity (Wildman–Crippen MR) is 167 cm³/mol. The van der Waals surface area contributed by atoms with Crippen molar-refractivity contribution in [1.29, 1.82) is 0 Å². The Morgan fingerprint density at radius 3 is 1.98 bits per heavy atom. The van der Waals surface area contributed by atoms with Crippen molar-refractivity contribution in [3.05, 3.63) is 137 Å². The highest BCUT2D eigenvalue weighted by atomic mass is 32.1. The molecule has 0 fully saturated rings. The van der Waals surface area contributed by atoms with Crippen molar-refractivity contribution >= 4 is 25.0 Å². The first-order valence-electron chi connectivity index (χ1n) is 13.9. The molecular weight excluding hydrogens is 583 g/mol. The SMILES string of the molecule is O=Cc1ccccc1-c1c(CNC(=O)OCC2c3ccccc3-c3ccccc32)cc(-c2ccccc2)c(S)c1C(F)(F)F. The van der Waals surface area contributed by atoms with E-state index in [9.17, 15) is 22.8 Å². The molecule has 1 aliphatic carbocycles. The highest BCUT2D eigenvalue weighted by Gasteiger charge is 2.39. The largest absolute Gasteiger partial charge is 0.449 e. The van der Waals surface area contributed by atoms with E-state index in [0.29, 0.717) is 11.8 Å². The number of rotatable bonds is 7. The molecule has 0 unspecified atom stereocenters. The molecule has 8 heteroatoms. The number of carbonyl (C=O) groups is 2. The fraction of sp³-hybridized carbons (Fsp3) is 0.111. The Morgan fingerprint density at radius 1 is 0.795 bits per heavy atom. The second-order valence-electron chi connectivity index (χ2n) is 10.4. The molecule has 1 amide bonds. The van der Waals surface area contributed by atoms with E-state index in [-0.39, 0.29) is 51.8 Å². The molecule has 0 atom stereocenters. The number of hydrogen-bond donors (Lipinski definition) is 2. The average molecular weight is 610 g/mol. The third-order valence-corrected chi connectivity index (χ3v) is 8.34. The molecule has 0 radical (unpaired) electrons. The number of halogens is 3. The fourth-order valence-corrected chi connectivity index (χ4v) is 6.37. The van der Waals surface area contributed by atoms with Gasteiger partial charge in [0.15, 0.2) is 6.29 Å². The molecule has 220 valence electrons. The van der Waals surface area contributed by atoms with Gasteiger partial charge < -0.3 is 10.1 Å². The maximum absolute atomic E-state index is 14.8. The number of ether oxygens (including phenoxy) is 1. The van der Waals surface area contributed by atoms with E-state index in [1.165, 1.54) is 12.1 Å². The Labute approximate surface area is 257 Å². The van der Waals surface area contributed by atoms with Crippen LogP contribution in [0.1, 0.15) is 38.5 Å². The van der Waals surface area contributed by atoms with E-state index < -0.39 is 17.8 Å². The summed E-state index contributed by atoms with van der Waals surface area (Å²) in [4.78, 5) is 24.7. The van der Waals surface area contributed by atoms with Crippen LogP contribution < -0.4 is 5.32 Å². The summed E-state index contributed by atoms with van der Waals surface area (Å²) in [6.07, 6.45) is -5.07. The Balaban J connectivity index is 1.35. The Morgan fingerprint density at radius 2 is 1.36 bits per heavy atom. The number of hydrogen-bond acceptors (Lipinski definition) is 4. The molecule has 44 heavy (non-hydrogen) atoms. The van der Waals surface area contributed by atoms with E-state index in [1.54, 1.807) is 48.5 Å². The van der Waals surface area contributed by atoms with Crippen LogP contribution in [-0.2, 0) is 17.5 Å². The lowest BCUT2D eigenvalue weighted by Crippen LogP contribution is -2.26. The molecule has 0 saturated heterocycles. The van der Waals surface area contributed by atoms with E-state index in [1.807, 2.05) is 48.5 Å². The van der Waals surface area contributed by atoms with Crippen molar-refractivity contribution in [3.63, 3.8) is 0 Å². The summed E-state index contributed by atoms with van der Waals surface area (Å²) in [5.74, 6) is -0.173. The zero-order chi connectivity index (χ0) is 30.8. The number of nitrogens with one attached hydrogen (secondary N) is 1. The van der Waals surface area contributed by atoms with Gasteiger partial charge in [-0.1, -0.05) is 103 Å². The van der Waals surface area contributed by atoms with Crippen molar-refractivity contribution in [2.75, 3.05) is 6.61 Å². The van der Waals surface area contributed by atoms with Gasteiger partial charge in [-0.3, -0.25) is 4.79 Å². The molecule has 0 bridgehead atoms. The van der Waals surface area contributed by atoms with Gasteiger partial charge in [-0.25, -0.2) is 4.79 Å². The van der Waals surface area contributed by atoms with E-state index in [2.05, 4.69) is 17.9 Å². The highest BCUT2D eigenvalue weighted by Crippen LogP contribution is 2.47. The Kier molecular flexibility index (Phi) is 8.01. The standard InChI is InChI=1S/C36H26F3NO3S/c37-36(38,39)33-32(25-13-5-4-12-23(25)20-41)24(18-30(34(33)44)22-10-2-1-3-11-22)19-40-35(42)43-21-31-28-16-8-6-14-26(28)27-15-7-9-17-29(27)31/h1-18,20,31,44H,19,21H2,(H,40,42). The molecule has 0 spiro atoms. The number of alkyl carbamates (subject to hydrolysis) is 1. The number of aldehydes is 1. The monoisotopic (exact) mass is 609 g/mol.